The van der Waals surface area contributed by atoms with Gasteiger partial charge in [0.25, 0.3) is 0 Å². The summed E-state index contributed by atoms with van der Waals surface area (Å²) in [5, 5.41) is 1.89. The van der Waals surface area contributed by atoms with Crippen molar-refractivity contribution in [2.24, 2.45) is 0 Å². The number of fused-ring (bicyclic) bond motifs is 4. The van der Waals surface area contributed by atoms with Crippen molar-refractivity contribution in [1.82, 2.24) is 4.57 Å². The number of aromatic nitrogens is 1. The molecule has 2 heterocycles. The number of para-hydroxylation sites is 2. The van der Waals surface area contributed by atoms with Gasteiger partial charge in [-0.3, -0.25) is 0 Å². The average Bonchev–Trinajstić information content (AvgIpc) is 3.04. The fourth-order valence-corrected chi connectivity index (χ4v) is 6.93. The molecule has 0 unspecified atom stereocenters. The smallest absolute Gasteiger partial charge is 0.308 e. The van der Waals surface area contributed by atoms with E-state index in [1.165, 1.54) is 12.1 Å². The van der Waals surface area contributed by atoms with Gasteiger partial charge in [0.2, 0.25) is 0 Å². The van der Waals surface area contributed by atoms with Crippen LogP contribution in [0.5, 0.6) is 0 Å². The van der Waals surface area contributed by atoms with Gasteiger partial charge in [-0.1, -0.05) is 42.5 Å². The van der Waals surface area contributed by atoms with Gasteiger partial charge in [-0.05, 0) is 24.3 Å². The number of nitrogens with zero attached hydrogens (tertiary/aromatic N) is 1. The second-order valence-corrected chi connectivity index (χ2v) is 9.16. The summed E-state index contributed by atoms with van der Waals surface area (Å²) < 4.78 is 55.3. The number of hydrogen-bond donors (Lipinski definition) is 0. The van der Waals surface area contributed by atoms with Crippen LogP contribution < -0.4 is 0 Å². The lowest BCUT2D eigenvalue weighted by Crippen LogP contribution is -2.04. The highest BCUT2D eigenvalue weighted by molar-refractivity contribution is 8.02. The van der Waals surface area contributed by atoms with Gasteiger partial charge < -0.3 is 4.57 Å². The Morgan fingerprint density at radius 3 is 1.85 bits per heavy atom. The molecule has 0 saturated carbocycles. The maximum Gasteiger partial charge on any atom is 0.315 e. The Kier molecular flexibility index (Phi) is 2.96. The van der Waals surface area contributed by atoms with Crippen molar-refractivity contribution >= 4 is 42.0 Å². The molecule has 0 bridgehead atoms. The Hall–Kier alpha value is -2.68. The van der Waals surface area contributed by atoms with Gasteiger partial charge in [-0.2, -0.15) is 16.8 Å². The van der Waals surface area contributed by atoms with E-state index in [4.69, 9.17) is 0 Å². The quantitative estimate of drug-likeness (QED) is 0.503. The Labute approximate surface area is 149 Å². The van der Waals surface area contributed by atoms with Crippen molar-refractivity contribution in [3.63, 3.8) is 0 Å². The third-order valence-corrected chi connectivity index (χ3v) is 7.85. The molecule has 1 aliphatic heterocycles. The van der Waals surface area contributed by atoms with Gasteiger partial charge >= 0.3 is 20.2 Å². The minimum absolute atomic E-state index is 0.251. The Morgan fingerprint density at radius 2 is 1.23 bits per heavy atom. The lowest BCUT2D eigenvalue weighted by atomic mass is 10.2. The zero-order valence-electron chi connectivity index (χ0n) is 13.2. The van der Waals surface area contributed by atoms with E-state index >= 15 is 0 Å². The van der Waals surface area contributed by atoms with Crippen LogP contribution in [0.15, 0.2) is 76.5 Å². The molecule has 1 aliphatic rings. The van der Waals surface area contributed by atoms with E-state index in [1.807, 2.05) is 48.5 Å². The molecule has 0 atom stereocenters. The van der Waals surface area contributed by atoms with Gasteiger partial charge in [0.15, 0.2) is 0 Å². The minimum Gasteiger partial charge on any atom is -0.308 e. The standard InChI is InChI=1S/C18H11NO5S2/c20-25(21)17-11-5-10-16(18(17)26(22,23)24-25)19-14-8-3-1-6-12(14)13-7-2-4-9-15(13)19/h1-11H. The lowest BCUT2D eigenvalue weighted by Gasteiger charge is -2.10. The van der Waals surface area contributed by atoms with Gasteiger partial charge in [-0.15, -0.1) is 3.63 Å². The third kappa shape index (κ3) is 1.94. The zero-order chi connectivity index (χ0) is 18.1. The van der Waals surface area contributed by atoms with Crippen LogP contribution in [0.2, 0.25) is 0 Å². The molecule has 0 fully saturated rings. The normalized spacial score (nSPS) is 17.5. The first-order chi connectivity index (χ1) is 12.4. The van der Waals surface area contributed by atoms with Gasteiger partial charge in [0.05, 0.1) is 16.7 Å². The van der Waals surface area contributed by atoms with Crippen LogP contribution in [0, 0.1) is 0 Å². The van der Waals surface area contributed by atoms with Crippen LogP contribution in [-0.2, 0) is 23.9 Å². The second kappa shape index (κ2) is 4.94. The molecule has 6 nitrogen and oxygen atoms in total. The molecule has 26 heavy (non-hydrogen) atoms. The molecular weight excluding hydrogens is 374 g/mol. The van der Waals surface area contributed by atoms with Gasteiger partial charge in [0, 0.05) is 10.8 Å². The summed E-state index contributed by atoms with van der Waals surface area (Å²) in [5.41, 5.74) is 1.81. The van der Waals surface area contributed by atoms with E-state index in [-0.39, 0.29) is 15.5 Å². The summed E-state index contributed by atoms with van der Waals surface area (Å²) in [7, 11) is -8.75. The van der Waals surface area contributed by atoms with E-state index in [9.17, 15) is 16.8 Å². The monoisotopic (exact) mass is 385 g/mol. The van der Waals surface area contributed by atoms with E-state index in [0.717, 1.165) is 21.8 Å². The van der Waals surface area contributed by atoms with Crippen molar-refractivity contribution in [2.45, 2.75) is 9.79 Å². The second-order valence-electron chi connectivity index (χ2n) is 5.95. The maximum atomic E-state index is 12.4. The van der Waals surface area contributed by atoms with Crippen molar-refractivity contribution in [1.29, 1.82) is 0 Å². The predicted molar refractivity (Wildman–Crippen MR) is 96.2 cm³/mol. The highest BCUT2D eigenvalue weighted by atomic mass is 32.3. The molecule has 130 valence electrons. The van der Waals surface area contributed by atoms with Crippen LogP contribution in [0.3, 0.4) is 0 Å². The maximum absolute atomic E-state index is 12.4. The first kappa shape index (κ1) is 15.6. The largest absolute Gasteiger partial charge is 0.315 e. The average molecular weight is 385 g/mol. The number of hydrogen-bond acceptors (Lipinski definition) is 5. The van der Waals surface area contributed by atoms with Crippen molar-refractivity contribution in [3.8, 4) is 5.69 Å². The topological polar surface area (TPSA) is 82.4 Å². The first-order valence-corrected chi connectivity index (χ1v) is 10.5. The molecule has 4 aromatic rings. The molecule has 0 radical (unpaired) electrons. The summed E-state index contributed by atoms with van der Waals surface area (Å²) in [6.07, 6.45) is 0. The highest BCUT2D eigenvalue weighted by Crippen LogP contribution is 2.41. The molecule has 0 aliphatic carbocycles. The van der Waals surface area contributed by atoms with Crippen LogP contribution in [0.25, 0.3) is 27.5 Å². The Balaban J connectivity index is 2.03. The Morgan fingerprint density at radius 1 is 0.654 bits per heavy atom. The molecule has 3 aromatic carbocycles. The molecule has 0 saturated heterocycles. The Bertz CT molecular complexity index is 1380. The fourth-order valence-electron chi connectivity index (χ4n) is 3.50. The van der Waals surface area contributed by atoms with E-state index < -0.39 is 20.2 Å². The SMILES string of the molecule is O=S1(=O)OS(=O)(=O)c2c(-n3c4ccccc4c4ccccc43)cccc21. The van der Waals surface area contributed by atoms with E-state index in [1.54, 1.807) is 10.6 Å². The first-order valence-electron chi connectivity index (χ1n) is 7.73. The van der Waals surface area contributed by atoms with Crippen LogP contribution >= 0.6 is 0 Å². The molecular formula is C18H11NO5S2. The van der Waals surface area contributed by atoms with Crippen molar-refractivity contribution in [3.05, 3.63) is 66.7 Å². The van der Waals surface area contributed by atoms with Crippen LogP contribution in [-0.4, -0.2) is 21.4 Å². The van der Waals surface area contributed by atoms with E-state index in [0.29, 0.717) is 0 Å². The third-order valence-electron chi connectivity index (χ3n) is 4.48. The molecule has 0 N–H and O–H groups in total. The number of rotatable bonds is 1. The molecule has 0 spiro atoms. The molecule has 8 heteroatoms. The van der Waals surface area contributed by atoms with Crippen LogP contribution in [0.1, 0.15) is 0 Å². The minimum atomic E-state index is -4.42. The summed E-state index contributed by atoms with van der Waals surface area (Å²) in [5.74, 6) is 0. The summed E-state index contributed by atoms with van der Waals surface area (Å²) in [6.45, 7) is 0. The van der Waals surface area contributed by atoms with E-state index in [2.05, 4.69) is 3.63 Å². The lowest BCUT2D eigenvalue weighted by molar-refractivity contribution is 0.475. The van der Waals surface area contributed by atoms with Gasteiger partial charge in [-0.25, -0.2) is 0 Å². The zero-order valence-corrected chi connectivity index (χ0v) is 14.8. The van der Waals surface area contributed by atoms with Crippen molar-refractivity contribution in [2.75, 3.05) is 0 Å². The van der Waals surface area contributed by atoms with Gasteiger partial charge in [0.1, 0.15) is 9.79 Å². The highest BCUT2D eigenvalue weighted by Gasteiger charge is 2.43. The fraction of sp³-hybridized carbons (Fsp3) is 0. The summed E-state index contributed by atoms with van der Waals surface area (Å²) in [6, 6.07) is 19.5. The molecule has 5 rings (SSSR count). The number of benzene rings is 3. The predicted octanol–water partition coefficient (Wildman–Crippen LogP) is 3.19. The molecule has 1 aromatic heterocycles. The van der Waals surface area contributed by atoms with Crippen molar-refractivity contribution < 1.29 is 20.5 Å². The summed E-state index contributed by atoms with van der Waals surface area (Å²) in [4.78, 5) is -0.664. The molecule has 0 amide bonds. The van der Waals surface area contributed by atoms with Crippen LogP contribution in [0.4, 0.5) is 0 Å². The summed E-state index contributed by atoms with van der Waals surface area (Å²) >= 11 is 0.